The van der Waals surface area contributed by atoms with Crippen molar-refractivity contribution >= 4 is 10.9 Å². The predicted octanol–water partition coefficient (Wildman–Crippen LogP) is 4.40. The molecule has 3 aliphatic rings. The van der Waals surface area contributed by atoms with E-state index in [0.29, 0.717) is 16.9 Å². The van der Waals surface area contributed by atoms with Crippen molar-refractivity contribution in [3.05, 3.63) is 69.3 Å². The first-order valence-corrected chi connectivity index (χ1v) is 11.6. The number of aromatic nitrogens is 2. The highest BCUT2D eigenvalue weighted by Gasteiger charge is 2.46. The minimum absolute atomic E-state index is 0.153. The number of piperidine rings is 1. The SMILES string of the molecule is C#Cc1cccc2c1c(=O)nc1n2-c2cc(C3CCNCC3)ccc2C12CCCCC2. The molecule has 1 saturated heterocycles. The van der Waals surface area contributed by atoms with Crippen molar-refractivity contribution in [1.82, 2.24) is 14.9 Å². The van der Waals surface area contributed by atoms with Gasteiger partial charge in [0.1, 0.15) is 5.82 Å². The lowest BCUT2D eigenvalue weighted by atomic mass is 9.69. The van der Waals surface area contributed by atoms with Crippen LogP contribution >= 0.6 is 0 Å². The zero-order chi connectivity index (χ0) is 21.0. The Bertz CT molecular complexity index is 1280. The summed E-state index contributed by atoms with van der Waals surface area (Å²) >= 11 is 0. The number of terminal acetylenes is 1. The van der Waals surface area contributed by atoms with Crippen molar-refractivity contribution in [1.29, 1.82) is 0 Å². The Balaban J connectivity index is 1.66. The Hall–Kier alpha value is -2.90. The summed E-state index contributed by atoms with van der Waals surface area (Å²) in [5.41, 5.74) is 5.14. The van der Waals surface area contributed by atoms with Gasteiger partial charge in [0.05, 0.1) is 22.0 Å². The zero-order valence-electron chi connectivity index (χ0n) is 17.8. The lowest BCUT2D eigenvalue weighted by molar-refractivity contribution is 0.338. The fraction of sp³-hybridized carbons (Fsp3) is 0.407. The van der Waals surface area contributed by atoms with Crippen LogP contribution in [0.4, 0.5) is 0 Å². The van der Waals surface area contributed by atoms with Crippen LogP contribution in [0.5, 0.6) is 0 Å². The van der Waals surface area contributed by atoms with Gasteiger partial charge in [0, 0.05) is 5.56 Å². The molecule has 156 valence electrons. The molecule has 2 aliphatic heterocycles. The van der Waals surface area contributed by atoms with Crippen LogP contribution < -0.4 is 10.9 Å². The zero-order valence-corrected chi connectivity index (χ0v) is 17.8. The third-order valence-electron chi connectivity index (χ3n) is 7.80. The summed E-state index contributed by atoms with van der Waals surface area (Å²) in [6.07, 6.45) is 13.8. The highest BCUT2D eigenvalue weighted by molar-refractivity contribution is 5.87. The van der Waals surface area contributed by atoms with E-state index in [9.17, 15) is 4.79 Å². The second-order valence-electron chi connectivity index (χ2n) is 9.36. The first kappa shape index (κ1) is 18.8. The Morgan fingerprint density at radius 2 is 1.90 bits per heavy atom. The van der Waals surface area contributed by atoms with Gasteiger partial charge in [-0.25, -0.2) is 0 Å². The molecule has 0 atom stereocenters. The number of hydrogen-bond acceptors (Lipinski definition) is 3. The Labute approximate surface area is 182 Å². The highest BCUT2D eigenvalue weighted by atomic mass is 16.1. The van der Waals surface area contributed by atoms with E-state index in [1.165, 1.54) is 48.9 Å². The van der Waals surface area contributed by atoms with Crippen molar-refractivity contribution in [2.24, 2.45) is 0 Å². The number of fused-ring (bicyclic) bond motifs is 7. The summed E-state index contributed by atoms with van der Waals surface area (Å²) in [6.45, 7) is 2.15. The molecule has 1 spiro atoms. The number of nitrogens with zero attached hydrogens (tertiary/aromatic N) is 2. The first-order chi connectivity index (χ1) is 15.2. The highest BCUT2D eigenvalue weighted by Crippen LogP contribution is 2.52. The molecule has 2 aromatic carbocycles. The fourth-order valence-corrected chi connectivity index (χ4v) is 6.27. The number of benzene rings is 2. The number of hydrogen-bond donors (Lipinski definition) is 1. The van der Waals surface area contributed by atoms with Gasteiger partial charge >= 0.3 is 0 Å². The average molecular weight is 410 g/mol. The molecule has 1 N–H and O–H groups in total. The Kier molecular flexibility index (Phi) is 4.30. The molecule has 4 heteroatoms. The Morgan fingerprint density at radius 1 is 1.10 bits per heavy atom. The van der Waals surface area contributed by atoms with Crippen LogP contribution in [-0.2, 0) is 5.41 Å². The fourth-order valence-electron chi connectivity index (χ4n) is 6.27. The topological polar surface area (TPSA) is 46.9 Å². The minimum Gasteiger partial charge on any atom is -0.317 e. The lowest BCUT2D eigenvalue weighted by Gasteiger charge is -2.33. The van der Waals surface area contributed by atoms with Crippen LogP contribution in [0, 0.1) is 12.3 Å². The molecule has 0 unspecified atom stereocenters. The number of rotatable bonds is 1. The molecule has 3 aromatic rings. The molecule has 1 aromatic heterocycles. The van der Waals surface area contributed by atoms with Gasteiger partial charge in [0.25, 0.3) is 5.56 Å². The van der Waals surface area contributed by atoms with Crippen LogP contribution in [0.15, 0.2) is 41.2 Å². The summed E-state index contributed by atoms with van der Waals surface area (Å²) in [7, 11) is 0. The molecule has 4 nitrogen and oxygen atoms in total. The van der Waals surface area contributed by atoms with Crippen LogP contribution in [0.2, 0.25) is 0 Å². The van der Waals surface area contributed by atoms with E-state index < -0.39 is 0 Å². The smallest absolute Gasteiger partial charge is 0.282 e. The van der Waals surface area contributed by atoms with E-state index in [1.54, 1.807) is 0 Å². The van der Waals surface area contributed by atoms with Gasteiger partial charge in [-0.15, -0.1) is 6.42 Å². The Morgan fingerprint density at radius 3 is 2.68 bits per heavy atom. The largest absolute Gasteiger partial charge is 0.317 e. The van der Waals surface area contributed by atoms with Gasteiger partial charge in [-0.1, -0.05) is 43.4 Å². The molecule has 0 bridgehead atoms. The van der Waals surface area contributed by atoms with E-state index in [4.69, 9.17) is 11.4 Å². The molecule has 2 fully saturated rings. The maximum Gasteiger partial charge on any atom is 0.282 e. The van der Waals surface area contributed by atoms with Crippen LogP contribution in [0.25, 0.3) is 16.6 Å². The molecular formula is C27H27N3O. The lowest BCUT2D eigenvalue weighted by Crippen LogP contribution is -2.32. The van der Waals surface area contributed by atoms with E-state index >= 15 is 0 Å². The molecule has 1 saturated carbocycles. The van der Waals surface area contributed by atoms with Gasteiger partial charge in [-0.2, -0.15) is 4.98 Å². The van der Waals surface area contributed by atoms with Crippen molar-refractivity contribution in [2.45, 2.75) is 56.3 Å². The monoisotopic (exact) mass is 409 g/mol. The van der Waals surface area contributed by atoms with Crippen molar-refractivity contribution in [3.8, 4) is 18.0 Å². The second kappa shape index (κ2) is 7.07. The molecule has 0 amide bonds. The van der Waals surface area contributed by atoms with Crippen molar-refractivity contribution < 1.29 is 0 Å². The van der Waals surface area contributed by atoms with E-state index in [-0.39, 0.29) is 11.0 Å². The maximum atomic E-state index is 13.2. The minimum atomic E-state index is -0.189. The van der Waals surface area contributed by atoms with Gasteiger partial charge in [-0.05, 0) is 74.0 Å². The quantitative estimate of drug-likeness (QED) is 0.606. The summed E-state index contributed by atoms with van der Waals surface area (Å²) in [6, 6.07) is 12.9. The van der Waals surface area contributed by atoms with Gasteiger partial charge in [0.2, 0.25) is 0 Å². The molecule has 6 rings (SSSR count). The van der Waals surface area contributed by atoms with Crippen molar-refractivity contribution in [2.75, 3.05) is 13.1 Å². The van der Waals surface area contributed by atoms with Crippen LogP contribution in [0.1, 0.15) is 73.4 Å². The van der Waals surface area contributed by atoms with Crippen molar-refractivity contribution in [3.63, 3.8) is 0 Å². The summed E-state index contributed by atoms with van der Waals surface area (Å²) in [5.74, 6) is 4.21. The van der Waals surface area contributed by atoms with Crippen LogP contribution in [0.3, 0.4) is 0 Å². The molecule has 0 radical (unpaired) electrons. The predicted molar refractivity (Wildman–Crippen MR) is 124 cm³/mol. The maximum absolute atomic E-state index is 13.2. The molecule has 31 heavy (non-hydrogen) atoms. The molecular weight excluding hydrogens is 382 g/mol. The summed E-state index contributed by atoms with van der Waals surface area (Å²) < 4.78 is 2.27. The average Bonchev–Trinajstić information content (AvgIpc) is 3.08. The molecule has 1 aliphatic carbocycles. The summed E-state index contributed by atoms with van der Waals surface area (Å²) in [5, 5.41) is 4.04. The van der Waals surface area contributed by atoms with Gasteiger partial charge in [-0.3, -0.25) is 9.36 Å². The number of nitrogens with one attached hydrogen (secondary N) is 1. The summed E-state index contributed by atoms with van der Waals surface area (Å²) in [4.78, 5) is 17.9. The standard InChI is InChI=1S/C27H27N3O/c1-2-18-7-6-8-22-24(18)25(31)29-26-27(13-4-3-5-14-27)21-10-9-20(17-23(21)30(22)26)19-11-15-28-16-12-19/h1,6-10,17,19,28H,3-5,11-16H2. The first-order valence-electron chi connectivity index (χ1n) is 11.6. The van der Waals surface area contributed by atoms with Crippen LogP contribution in [-0.4, -0.2) is 22.6 Å². The third kappa shape index (κ3) is 2.66. The van der Waals surface area contributed by atoms with Gasteiger partial charge < -0.3 is 5.32 Å². The molecule has 3 heterocycles. The normalized spacial score (nSPS) is 19.8. The third-order valence-corrected chi connectivity index (χ3v) is 7.80. The van der Waals surface area contributed by atoms with Gasteiger partial charge in [0.15, 0.2) is 0 Å². The second-order valence-corrected chi connectivity index (χ2v) is 9.36. The van der Waals surface area contributed by atoms with E-state index in [1.807, 2.05) is 18.2 Å². The van der Waals surface area contributed by atoms with E-state index in [2.05, 4.69) is 34.0 Å². The van der Waals surface area contributed by atoms with E-state index in [0.717, 1.165) is 37.3 Å².